The fourth-order valence-corrected chi connectivity index (χ4v) is 2.77. The zero-order chi connectivity index (χ0) is 20.9. The number of hydrogen-bond donors (Lipinski definition) is 1. The Balaban J connectivity index is 2.27. The van der Waals surface area contributed by atoms with Crippen molar-refractivity contribution in [1.29, 1.82) is 0 Å². The highest BCUT2D eigenvalue weighted by molar-refractivity contribution is 7.98. The minimum Gasteiger partial charge on any atom is -0.462 e. The highest BCUT2D eigenvalue weighted by Crippen LogP contribution is 2.30. The molecule has 0 saturated carbocycles. The first-order valence-corrected chi connectivity index (χ1v) is 9.18. The maximum absolute atomic E-state index is 12.8. The molecule has 0 aliphatic rings. The van der Waals surface area contributed by atoms with Crippen molar-refractivity contribution >= 4 is 29.3 Å². The third kappa shape index (κ3) is 5.12. The van der Waals surface area contributed by atoms with E-state index >= 15 is 0 Å². The van der Waals surface area contributed by atoms with Gasteiger partial charge < -0.3 is 10.1 Å². The largest absolute Gasteiger partial charge is 0.462 e. The van der Waals surface area contributed by atoms with Gasteiger partial charge in [0.2, 0.25) is 5.91 Å². The first-order valence-electron chi connectivity index (χ1n) is 7.95. The Labute approximate surface area is 161 Å². The average Bonchev–Trinajstić information content (AvgIpc) is 2.63. The molecular weight excluding hydrogens is 399 g/mol. The van der Waals surface area contributed by atoms with Gasteiger partial charge in [-0.3, -0.25) is 14.2 Å². The molecule has 0 aliphatic heterocycles. The van der Waals surface area contributed by atoms with Crippen LogP contribution < -0.4 is 10.9 Å². The molecule has 150 valence electrons. The summed E-state index contributed by atoms with van der Waals surface area (Å²) in [5.74, 6) is -1.63. The Kier molecular flexibility index (Phi) is 6.84. The molecule has 0 spiro atoms. The number of amides is 1. The summed E-state index contributed by atoms with van der Waals surface area (Å²) in [6.45, 7) is 1.09. The molecule has 0 atom stereocenters. The minimum atomic E-state index is -4.55. The molecular formula is C17H16F3N3O4S. The van der Waals surface area contributed by atoms with Crippen molar-refractivity contribution in [3.8, 4) is 0 Å². The van der Waals surface area contributed by atoms with Crippen LogP contribution in [0.3, 0.4) is 0 Å². The van der Waals surface area contributed by atoms with Gasteiger partial charge in [-0.25, -0.2) is 9.78 Å². The number of benzene rings is 1. The first kappa shape index (κ1) is 21.5. The van der Waals surface area contributed by atoms with Crippen LogP contribution in [0.1, 0.15) is 22.8 Å². The van der Waals surface area contributed by atoms with Crippen molar-refractivity contribution in [2.75, 3.05) is 18.2 Å². The van der Waals surface area contributed by atoms with Crippen LogP contribution in [0.25, 0.3) is 0 Å². The summed E-state index contributed by atoms with van der Waals surface area (Å²) in [4.78, 5) is 40.6. The van der Waals surface area contributed by atoms with Crippen LogP contribution in [0.4, 0.5) is 18.9 Å². The number of nitrogens with zero attached hydrogens (tertiary/aromatic N) is 2. The van der Waals surface area contributed by atoms with Crippen LogP contribution in [0.5, 0.6) is 0 Å². The van der Waals surface area contributed by atoms with Gasteiger partial charge in [0, 0.05) is 5.69 Å². The molecule has 0 aliphatic carbocycles. The number of nitrogens with one attached hydrogen (secondary N) is 1. The number of ether oxygens (including phenoxy) is 1. The zero-order valence-electron chi connectivity index (χ0n) is 14.9. The van der Waals surface area contributed by atoms with E-state index in [0.717, 1.165) is 40.7 Å². The molecule has 0 saturated heterocycles. The monoisotopic (exact) mass is 415 g/mol. The van der Waals surface area contributed by atoms with Crippen LogP contribution in [0, 0.1) is 0 Å². The van der Waals surface area contributed by atoms with Gasteiger partial charge in [-0.05, 0) is 31.4 Å². The molecule has 1 aromatic heterocycles. The van der Waals surface area contributed by atoms with E-state index in [4.69, 9.17) is 4.74 Å². The van der Waals surface area contributed by atoms with E-state index in [1.54, 1.807) is 13.2 Å². The molecule has 1 aromatic carbocycles. The van der Waals surface area contributed by atoms with Crippen LogP contribution in [0.2, 0.25) is 0 Å². The van der Waals surface area contributed by atoms with E-state index in [0.29, 0.717) is 0 Å². The predicted octanol–water partition coefficient (Wildman–Crippen LogP) is 2.80. The topological polar surface area (TPSA) is 90.3 Å². The second kappa shape index (κ2) is 8.91. The normalized spacial score (nSPS) is 11.2. The smallest absolute Gasteiger partial charge is 0.416 e. The van der Waals surface area contributed by atoms with Crippen molar-refractivity contribution in [3.05, 3.63) is 51.9 Å². The van der Waals surface area contributed by atoms with E-state index in [1.807, 2.05) is 0 Å². The highest BCUT2D eigenvalue weighted by Gasteiger charge is 2.30. The Bertz CT molecular complexity index is 944. The Hall–Kier alpha value is -2.82. The number of thioether (sulfide) groups is 1. The van der Waals surface area contributed by atoms with Crippen LogP contribution >= 0.6 is 11.8 Å². The second-order valence-corrected chi connectivity index (χ2v) is 6.17. The maximum atomic E-state index is 12.8. The molecule has 1 amide bonds. The van der Waals surface area contributed by atoms with Crippen molar-refractivity contribution < 1.29 is 27.5 Å². The number of hydrogen-bond acceptors (Lipinski definition) is 6. The highest BCUT2D eigenvalue weighted by atomic mass is 32.2. The summed E-state index contributed by atoms with van der Waals surface area (Å²) < 4.78 is 44.1. The van der Waals surface area contributed by atoms with Crippen molar-refractivity contribution in [1.82, 2.24) is 9.55 Å². The van der Waals surface area contributed by atoms with E-state index in [2.05, 4.69) is 10.3 Å². The molecule has 0 unspecified atom stereocenters. The lowest BCUT2D eigenvalue weighted by Gasteiger charge is -2.13. The number of halogens is 3. The molecule has 28 heavy (non-hydrogen) atoms. The van der Waals surface area contributed by atoms with Crippen molar-refractivity contribution in [2.45, 2.75) is 24.8 Å². The lowest BCUT2D eigenvalue weighted by molar-refractivity contribution is -0.137. The summed E-state index contributed by atoms with van der Waals surface area (Å²) in [5.41, 5.74) is -2.12. The lowest BCUT2D eigenvalue weighted by Crippen LogP contribution is -2.33. The molecule has 2 aromatic rings. The summed E-state index contributed by atoms with van der Waals surface area (Å²) in [5, 5.41) is 2.47. The van der Waals surface area contributed by atoms with E-state index in [9.17, 15) is 27.6 Å². The Morgan fingerprint density at radius 1 is 1.32 bits per heavy atom. The standard InChI is InChI=1S/C17H16F3N3O4S/c1-3-27-15(26)12-8-21-16(28-2)23(14(12)25)9-13(24)22-11-6-4-5-10(7-11)17(18,19)20/h4-8H,3,9H2,1-2H3,(H,22,24). The van der Waals surface area contributed by atoms with Crippen molar-refractivity contribution in [2.24, 2.45) is 0 Å². The summed E-state index contributed by atoms with van der Waals surface area (Å²) in [6.07, 6.45) is -1.87. The Morgan fingerprint density at radius 2 is 2.04 bits per heavy atom. The van der Waals surface area contributed by atoms with E-state index in [1.165, 1.54) is 6.07 Å². The van der Waals surface area contributed by atoms with Gasteiger partial charge in [0.05, 0.1) is 18.4 Å². The summed E-state index contributed by atoms with van der Waals surface area (Å²) in [6, 6.07) is 4.10. The molecule has 1 N–H and O–H groups in total. The molecule has 7 nitrogen and oxygen atoms in total. The van der Waals surface area contributed by atoms with Gasteiger partial charge in [-0.15, -0.1) is 0 Å². The van der Waals surface area contributed by atoms with E-state index < -0.39 is 35.7 Å². The maximum Gasteiger partial charge on any atom is 0.416 e. The molecule has 2 rings (SSSR count). The number of esters is 1. The van der Waals surface area contributed by atoms with Gasteiger partial charge in [0.15, 0.2) is 5.16 Å². The molecule has 0 bridgehead atoms. The first-order chi connectivity index (χ1) is 13.2. The van der Waals surface area contributed by atoms with Crippen molar-refractivity contribution in [3.63, 3.8) is 0 Å². The zero-order valence-corrected chi connectivity index (χ0v) is 15.7. The average molecular weight is 415 g/mol. The minimum absolute atomic E-state index is 0.0542. The van der Waals surface area contributed by atoms with Crippen LogP contribution in [-0.2, 0) is 22.3 Å². The summed E-state index contributed by atoms with van der Waals surface area (Å²) in [7, 11) is 0. The lowest BCUT2D eigenvalue weighted by atomic mass is 10.2. The van der Waals surface area contributed by atoms with Crippen LogP contribution in [-0.4, -0.2) is 34.3 Å². The quantitative estimate of drug-likeness (QED) is 0.443. The number of aromatic nitrogens is 2. The van der Waals surface area contributed by atoms with Gasteiger partial charge >= 0.3 is 12.1 Å². The third-order valence-electron chi connectivity index (χ3n) is 3.46. The fourth-order valence-electron chi connectivity index (χ4n) is 2.25. The number of carbonyl (C=O) groups is 2. The molecule has 0 fully saturated rings. The Morgan fingerprint density at radius 3 is 2.64 bits per heavy atom. The molecule has 0 radical (unpaired) electrons. The number of carbonyl (C=O) groups excluding carboxylic acids is 2. The van der Waals surface area contributed by atoms with Gasteiger partial charge in [0.25, 0.3) is 5.56 Å². The second-order valence-electron chi connectivity index (χ2n) is 5.40. The SMILES string of the molecule is CCOC(=O)c1cnc(SC)n(CC(=O)Nc2cccc(C(F)(F)F)c2)c1=O. The van der Waals surface area contributed by atoms with Gasteiger partial charge in [0.1, 0.15) is 12.1 Å². The third-order valence-corrected chi connectivity index (χ3v) is 4.15. The summed E-state index contributed by atoms with van der Waals surface area (Å²) >= 11 is 1.07. The van der Waals surface area contributed by atoms with Gasteiger partial charge in [-0.2, -0.15) is 13.2 Å². The number of alkyl halides is 3. The molecule has 11 heteroatoms. The van der Waals surface area contributed by atoms with E-state index in [-0.39, 0.29) is 23.0 Å². The number of rotatable bonds is 6. The fraction of sp³-hybridized carbons (Fsp3) is 0.294. The predicted molar refractivity (Wildman–Crippen MR) is 96.3 cm³/mol. The molecule has 1 heterocycles. The number of anilines is 1. The van der Waals surface area contributed by atoms with Gasteiger partial charge in [-0.1, -0.05) is 17.8 Å². The van der Waals surface area contributed by atoms with Crippen LogP contribution in [0.15, 0.2) is 40.4 Å².